The molecule has 0 aliphatic heterocycles. The summed E-state index contributed by atoms with van der Waals surface area (Å²) < 4.78 is 1.77. The van der Waals surface area contributed by atoms with Crippen molar-refractivity contribution in [3.05, 3.63) is 65.4 Å². The van der Waals surface area contributed by atoms with Crippen LogP contribution in [0.15, 0.2) is 48.5 Å². The molecule has 2 aromatic carbocycles. The van der Waals surface area contributed by atoms with Gasteiger partial charge in [-0.25, -0.2) is 4.68 Å². The van der Waals surface area contributed by atoms with Gasteiger partial charge in [0.25, 0.3) is 0 Å². The minimum atomic E-state index is 0.344. The van der Waals surface area contributed by atoms with E-state index in [0.29, 0.717) is 5.69 Å². The number of aromatic nitrogens is 3. The van der Waals surface area contributed by atoms with Crippen LogP contribution in [0, 0.1) is 18.3 Å². The predicted octanol–water partition coefficient (Wildman–Crippen LogP) is 3.68. The Morgan fingerprint density at radius 3 is 2.68 bits per heavy atom. The molecule has 0 saturated heterocycles. The third-order valence-corrected chi connectivity index (χ3v) is 3.67. The number of rotatable bonds is 3. The Hall–Kier alpha value is -2.93. The topological polar surface area (TPSA) is 54.5 Å². The van der Waals surface area contributed by atoms with E-state index in [1.54, 1.807) is 4.68 Å². The van der Waals surface area contributed by atoms with Crippen LogP contribution in [0.1, 0.15) is 23.7 Å². The average molecular weight is 288 g/mol. The van der Waals surface area contributed by atoms with Crippen molar-refractivity contribution >= 4 is 0 Å². The lowest BCUT2D eigenvalue weighted by molar-refractivity contribution is 0.797. The molecule has 1 heterocycles. The fourth-order valence-electron chi connectivity index (χ4n) is 2.59. The van der Waals surface area contributed by atoms with Crippen LogP contribution in [0.2, 0.25) is 0 Å². The van der Waals surface area contributed by atoms with E-state index in [1.807, 2.05) is 49.4 Å². The number of hydrogen-bond donors (Lipinski definition) is 0. The van der Waals surface area contributed by atoms with Gasteiger partial charge in [-0.2, -0.15) is 5.26 Å². The highest BCUT2D eigenvalue weighted by molar-refractivity contribution is 5.68. The summed E-state index contributed by atoms with van der Waals surface area (Å²) in [7, 11) is 0. The van der Waals surface area contributed by atoms with Crippen molar-refractivity contribution in [1.82, 2.24) is 15.0 Å². The van der Waals surface area contributed by atoms with Crippen LogP contribution in [0.25, 0.3) is 16.9 Å². The van der Waals surface area contributed by atoms with E-state index in [2.05, 4.69) is 29.4 Å². The first-order valence-corrected chi connectivity index (χ1v) is 7.25. The fourth-order valence-corrected chi connectivity index (χ4v) is 2.59. The van der Waals surface area contributed by atoms with E-state index in [9.17, 15) is 5.26 Å². The molecule has 0 amide bonds. The van der Waals surface area contributed by atoms with E-state index in [-0.39, 0.29) is 0 Å². The highest BCUT2D eigenvalue weighted by Crippen LogP contribution is 2.27. The van der Waals surface area contributed by atoms with E-state index in [4.69, 9.17) is 0 Å². The summed E-state index contributed by atoms with van der Waals surface area (Å²) in [6.45, 7) is 4.14. The molecule has 0 bridgehead atoms. The van der Waals surface area contributed by atoms with Crippen LogP contribution in [0.4, 0.5) is 0 Å². The number of hydrogen-bond acceptors (Lipinski definition) is 3. The van der Waals surface area contributed by atoms with Crippen LogP contribution in [0.5, 0.6) is 0 Å². The molecule has 0 unspecified atom stereocenters. The Kier molecular flexibility index (Phi) is 3.71. The molecular weight excluding hydrogens is 272 g/mol. The molecule has 0 aliphatic carbocycles. The highest BCUT2D eigenvalue weighted by Gasteiger charge is 2.17. The fraction of sp³-hybridized carbons (Fsp3) is 0.167. The van der Waals surface area contributed by atoms with Gasteiger partial charge in [0.2, 0.25) is 0 Å². The summed E-state index contributed by atoms with van der Waals surface area (Å²) in [5.41, 5.74) is 5.32. The maximum atomic E-state index is 9.37. The van der Waals surface area contributed by atoms with Crippen molar-refractivity contribution in [3.8, 4) is 23.0 Å². The third kappa shape index (κ3) is 2.38. The largest absolute Gasteiger partial charge is 0.211 e. The van der Waals surface area contributed by atoms with Crippen LogP contribution in [-0.4, -0.2) is 15.0 Å². The van der Waals surface area contributed by atoms with Gasteiger partial charge in [-0.15, -0.1) is 5.10 Å². The van der Waals surface area contributed by atoms with Crippen molar-refractivity contribution in [3.63, 3.8) is 0 Å². The third-order valence-electron chi connectivity index (χ3n) is 3.67. The first kappa shape index (κ1) is 14.0. The molecule has 4 nitrogen and oxygen atoms in total. The van der Waals surface area contributed by atoms with Gasteiger partial charge in [0, 0.05) is 5.56 Å². The monoisotopic (exact) mass is 288 g/mol. The Balaban J connectivity index is 2.27. The van der Waals surface area contributed by atoms with Crippen LogP contribution in [0.3, 0.4) is 0 Å². The summed E-state index contributed by atoms with van der Waals surface area (Å²) >= 11 is 0. The zero-order chi connectivity index (χ0) is 15.5. The van der Waals surface area contributed by atoms with Crippen LogP contribution >= 0.6 is 0 Å². The first-order valence-electron chi connectivity index (χ1n) is 7.25. The van der Waals surface area contributed by atoms with Gasteiger partial charge in [-0.3, -0.25) is 0 Å². The Labute approximate surface area is 129 Å². The number of para-hydroxylation sites is 1. The van der Waals surface area contributed by atoms with Crippen molar-refractivity contribution in [2.75, 3.05) is 0 Å². The van der Waals surface area contributed by atoms with Crippen molar-refractivity contribution < 1.29 is 0 Å². The summed E-state index contributed by atoms with van der Waals surface area (Å²) in [5, 5.41) is 17.6. The van der Waals surface area contributed by atoms with Crippen molar-refractivity contribution in [1.29, 1.82) is 5.26 Å². The van der Waals surface area contributed by atoms with E-state index < -0.39 is 0 Å². The number of nitriles is 1. The molecule has 0 atom stereocenters. The lowest BCUT2D eigenvalue weighted by atomic mass is 10.1. The maximum Gasteiger partial charge on any atom is 0.191 e. The molecule has 3 rings (SSSR count). The second-order valence-electron chi connectivity index (χ2n) is 5.16. The Bertz CT molecular complexity index is 856. The van der Waals surface area contributed by atoms with Crippen LogP contribution < -0.4 is 0 Å². The van der Waals surface area contributed by atoms with E-state index >= 15 is 0 Å². The van der Waals surface area contributed by atoms with Gasteiger partial charge in [0.1, 0.15) is 11.8 Å². The number of nitrogens with zero attached hydrogens (tertiary/aromatic N) is 4. The molecule has 0 saturated carbocycles. The Morgan fingerprint density at radius 1 is 1.14 bits per heavy atom. The molecule has 108 valence electrons. The van der Waals surface area contributed by atoms with Crippen molar-refractivity contribution in [2.24, 2.45) is 0 Å². The van der Waals surface area contributed by atoms with E-state index in [1.165, 1.54) is 5.56 Å². The second-order valence-corrected chi connectivity index (χ2v) is 5.16. The lowest BCUT2D eigenvalue weighted by Crippen LogP contribution is -2.03. The summed E-state index contributed by atoms with van der Waals surface area (Å²) in [6, 6.07) is 18.3. The second kappa shape index (κ2) is 5.82. The van der Waals surface area contributed by atoms with Gasteiger partial charge in [-0.05, 0) is 31.0 Å². The SMILES string of the molecule is CCc1ccccc1-n1nnc(C#N)c1-c1cccc(C)c1. The molecular formula is C18H16N4. The van der Waals surface area contributed by atoms with Gasteiger partial charge in [0.15, 0.2) is 5.69 Å². The average Bonchev–Trinajstić information content (AvgIpc) is 2.98. The molecule has 4 heteroatoms. The molecule has 0 radical (unpaired) electrons. The quantitative estimate of drug-likeness (QED) is 0.738. The summed E-state index contributed by atoms with van der Waals surface area (Å²) in [5.74, 6) is 0. The normalized spacial score (nSPS) is 10.4. The lowest BCUT2D eigenvalue weighted by Gasteiger charge is -2.11. The minimum absolute atomic E-state index is 0.344. The van der Waals surface area contributed by atoms with Gasteiger partial charge >= 0.3 is 0 Å². The summed E-state index contributed by atoms with van der Waals surface area (Å²) in [4.78, 5) is 0. The summed E-state index contributed by atoms with van der Waals surface area (Å²) in [6.07, 6.45) is 0.894. The Morgan fingerprint density at radius 2 is 1.95 bits per heavy atom. The molecule has 1 aromatic heterocycles. The highest BCUT2D eigenvalue weighted by atomic mass is 15.4. The molecule has 0 fully saturated rings. The van der Waals surface area contributed by atoms with Gasteiger partial charge in [-0.1, -0.05) is 54.1 Å². The molecule has 22 heavy (non-hydrogen) atoms. The minimum Gasteiger partial charge on any atom is -0.211 e. The van der Waals surface area contributed by atoms with Gasteiger partial charge < -0.3 is 0 Å². The van der Waals surface area contributed by atoms with Gasteiger partial charge in [0.05, 0.1) is 5.69 Å². The van der Waals surface area contributed by atoms with Crippen molar-refractivity contribution in [2.45, 2.75) is 20.3 Å². The van der Waals surface area contributed by atoms with E-state index in [0.717, 1.165) is 28.9 Å². The standard InChI is InChI=1S/C18H16N4/c1-3-14-8-4-5-10-17(14)22-18(16(12-19)20-21-22)15-9-6-7-13(2)11-15/h4-11H,3H2,1-2H3. The number of benzene rings is 2. The maximum absolute atomic E-state index is 9.37. The zero-order valence-electron chi connectivity index (χ0n) is 12.6. The first-order chi connectivity index (χ1) is 10.7. The molecule has 0 N–H and O–H groups in total. The molecule has 0 aliphatic rings. The smallest absolute Gasteiger partial charge is 0.191 e. The molecule has 3 aromatic rings. The van der Waals surface area contributed by atoms with Crippen LogP contribution in [-0.2, 0) is 6.42 Å². The zero-order valence-corrected chi connectivity index (χ0v) is 12.6. The molecule has 0 spiro atoms. The number of aryl methyl sites for hydroxylation is 2. The predicted molar refractivity (Wildman–Crippen MR) is 85.6 cm³/mol.